The van der Waals surface area contributed by atoms with Crippen LogP contribution in [-0.2, 0) is 14.8 Å². The first kappa shape index (κ1) is 18.9. The Hall–Kier alpha value is -1.44. The Morgan fingerprint density at radius 3 is 2.50 bits per heavy atom. The molecule has 2 N–H and O–H groups in total. The molecule has 24 heavy (non-hydrogen) atoms. The maximum atomic E-state index is 12.9. The molecule has 2 rings (SSSR count). The minimum Gasteiger partial charge on any atom is -0.351 e. The molecule has 0 saturated carbocycles. The lowest BCUT2D eigenvalue weighted by Gasteiger charge is -2.34. The molecular formula is C17H28N3O3S+. The van der Waals surface area contributed by atoms with E-state index in [9.17, 15) is 13.2 Å². The van der Waals surface area contributed by atoms with E-state index in [2.05, 4.69) is 5.32 Å². The quantitative estimate of drug-likeness (QED) is 0.764. The second kappa shape index (κ2) is 7.63. The van der Waals surface area contributed by atoms with Crippen LogP contribution in [0.1, 0.15) is 25.0 Å². The predicted molar refractivity (Wildman–Crippen MR) is 93.5 cm³/mol. The van der Waals surface area contributed by atoms with Crippen LogP contribution in [0, 0.1) is 13.8 Å². The average molecular weight is 354 g/mol. The van der Waals surface area contributed by atoms with Gasteiger partial charge in [0, 0.05) is 6.54 Å². The van der Waals surface area contributed by atoms with Crippen LogP contribution in [0.15, 0.2) is 23.1 Å². The van der Waals surface area contributed by atoms with E-state index >= 15 is 0 Å². The molecule has 0 bridgehead atoms. The van der Waals surface area contributed by atoms with Crippen LogP contribution >= 0.6 is 0 Å². The summed E-state index contributed by atoms with van der Waals surface area (Å²) in [5, 5.41) is 2.83. The maximum absolute atomic E-state index is 12.9. The van der Waals surface area contributed by atoms with Crippen molar-refractivity contribution >= 4 is 15.9 Å². The number of aryl methyl sites for hydroxylation is 2. The summed E-state index contributed by atoms with van der Waals surface area (Å²) in [7, 11) is -3.48. The van der Waals surface area contributed by atoms with E-state index in [1.165, 1.54) is 0 Å². The Balaban J connectivity index is 2.08. The second-order valence-electron chi connectivity index (χ2n) is 6.45. The Labute approximate surface area is 144 Å². The molecule has 134 valence electrons. The third kappa shape index (κ3) is 3.96. The molecule has 1 aromatic carbocycles. The van der Waals surface area contributed by atoms with E-state index in [0.717, 1.165) is 16.0 Å². The van der Waals surface area contributed by atoms with E-state index in [-0.39, 0.29) is 11.9 Å². The van der Waals surface area contributed by atoms with Crippen molar-refractivity contribution in [3.8, 4) is 0 Å². The maximum Gasteiger partial charge on any atom is 0.278 e. The number of carbonyl (C=O) groups excluding carboxylic acids is 1. The fourth-order valence-electron chi connectivity index (χ4n) is 3.08. The van der Waals surface area contributed by atoms with Gasteiger partial charge in [-0.25, -0.2) is 8.42 Å². The van der Waals surface area contributed by atoms with Crippen molar-refractivity contribution in [2.45, 2.75) is 38.6 Å². The van der Waals surface area contributed by atoms with Crippen LogP contribution in [0.5, 0.6) is 0 Å². The highest BCUT2D eigenvalue weighted by Crippen LogP contribution is 2.21. The zero-order chi connectivity index (χ0) is 17.9. The van der Waals surface area contributed by atoms with Crippen LogP contribution < -0.4 is 10.2 Å². The molecule has 0 aliphatic carbocycles. The Morgan fingerprint density at radius 2 is 1.92 bits per heavy atom. The number of quaternary nitrogens is 1. The predicted octanol–water partition coefficient (Wildman–Crippen LogP) is -0.283. The van der Waals surface area contributed by atoms with E-state index in [0.29, 0.717) is 37.6 Å². The molecule has 0 radical (unpaired) electrons. The van der Waals surface area contributed by atoms with Crippen molar-refractivity contribution in [1.82, 2.24) is 9.62 Å². The van der Waals surface area contributed by atoms with Crippen LogP contribution in [-0.4, -0.2) is 57.4 Å². The van der Waals surface area contributed by atoms with E-state index < -0.39 is 10.0 Å². The molecule has 1 aliphatic heterocycles. The fraction of sp³-hybridized carbons (Fsp3) is 0.588. The summed E-state index contributed by atoms with van der Waals surface area (Å²) < 4.78 is 27.4. The number of likely N-dealkylation sites (N-methyl/N-ethyl adjacent to an activating group) is 1. The summed E-state index contributed by atoms with van der Waals surface area (Å²) in [6, 6.07) is 5.35. The average Bonchev–Trinajstić information content (AvgIpc) is 2.56. The Kier molecular flexibility index (Phi) is 6.01. The topological polar surface area (TPSA) is 70.9 Å². The van der Waals surface area contributed by atoms with Crippen molar-refractivity contribution in [1.29, 1.82) is 0 Å². The molecule has 7 heteroatoms. The fourth-order valence-corrected chi connectivity index (χ4v) is 4.84. The number of rotatable bonds is 5. The molecule has 0 spiro atoms. The van der Waals surface area contributed by atoms with Gasteiger partial charge in [-0.3, -0.25) is 4.79 Å². The molecule has 0 unspecified atom stereocenters. The molecule has 1 aliphatic rings. The van der Waals surface area contributed by atoms with Gasteiger partial charge < -0.3 is 10.2 Å². The Bertz CT molecular complexity index is 695. The number of sulfonamides is 1. The van der Waals surface area contributed by atoms with Gasteiger partial charge in [0.1, 0.15) is 0 Å². The zero-order valence-electron chi connectivity index (χ0n) is 14.9. The van der Waals surface area contributed by atoms with E-state index in [1.807, 2.05) is 39.8 Å². The number of hydrogen-bond acceptors (Lipinski definition) is 3. The first-order chi connectivity index (χ1) is 11.3. The SMILES string of the molecule is CCNC(=O)[C@@H](C)[NH+]1CCN(S(=O)(=O)c2cc(C)ccc2C)CC1. The highest BCUT2D eigenvalue weighted by atomic mass is 32.2. The summed E-state index contributed by atoms with van der Waals surface area (Å²) in [5.74, 6) is 0.0262. The van der Waals surface area contributed by atoms with Crippen LogP contribution in [0.2, 0.25) is 0 Å². The number of nitrogens with one attached hydrogen (secondary N) is 2. The van der Waals surface area contributed by atoms with Crippen molar-refractivity contribution in [2.24, 2.45) is 0 Å². The van der Waals surface area contributed by atoms with Gasteiger partial charge in [-0.05, 0) is 44.9 Å². The summed E-state index contributed by atoms with van der Waals surface area (Å²) in [5.41, 5.74) is 1.71. The normalized spacial score (nSPS) is 18.3. The van der Waals surface area contributed by atoms with Gasteiger partial charge in [0.15, 0.2) is 6.04 Å². The van der Waals surface area contributed by atoms with Crippen molar-refractivity contribution in [3.05, 3.63) is 29.3 Å². The molecule has 1 amide bonds. The minimum atomic E-state index is -3.48. The molecule has 1 atom stereocenters. The van der Waals surface area contributed by atoms with Crippen LogP contribution in [0.4, 0.5) is 0 Å². The molecule has 0 aromatic heterocycles. The molecule has 6 nitrogen and oxygen atoms in total. The van der Waals surface area contributed by atoms with Gasteiger partial charge in [0.05, 0.1) is 31.1 Å². The number of piperazine rings is 1. The van der Waals surface area contributed by atoms with Crippen LogP contribution in [0.3, 0.4) is 0 Å². The molecule has 1 aromatic rings. The number of benzene rings is 1. The number of nitrogens with zero attached hydrogens (tertiary/aromatic N) is 1. The molecule has 1 heterocycles. The summed E-state index contributed by atoms with van der Waals surface area (Å²) in [6.45, 7) is 10.3. The van der Waals surface area contributed by atoms with Gasteiger partial charge in [-0.2, -0.15) is 4.31 Å². The number of amides is 1. The van der Waals surface area contributed by atoms with Gasteiger partial charge in [0.25, 0.3) is 5.91 Å². The minimum absolute atomic E-state index is 0.0262. The lowest BCUT2D eigenvalue weighted by molar-refractivity contribution is -0.917. The zero-order valence-corrected chi connectivity index (χ0v) is 15.7. The van der Waals surface area contributed by atoms with E-state index in [4.69, 9.17) is 0 Å². The third-order valence-electron chi connectivity index (χ3n) is 4.68. The monoisotopic (exact) mass is 354 g/mol. The van der Waals surface area contributed by atoms with Crippen molar-refractivity contribution in [2.75, 3.05) is 32.7 Å². The Morgan fingerprint density at radius 1 is 1.29 bits per heavy atom. The van der Waals surface area contributed by atoms with E-state index in [1.54, 1.807) is 10.4 Å². The lowest BCUT2D eigenvalue weighted by atomic mass is 10.2. The smallest absolute Gasteiger partial charge is 0.278 e. The third-order valence-corrected chi connectivity index (χ3v) is 6.72. The standard InChI is InChI=1S/C17H27N3O3S/c1-5-18-17(21)15(4)19-8-10-20(11-9-19)24(22,23)16-12-13(2)6-7-14(16)3/h6-7,12,15H,5,8-11H2,1-4H3,(H,18,21)/p+1/t15-/m1/s1. The summed E-state index contributed by atoms with van der Waals surface area (Å²) in [6.07, 6.45) is 0. The van der Waals surface area contributed by atoms with Gasteiger partial charge in [-0.15, -0.1) is 0 Å². The number of carbonyl (C=O) groups is 1. The molecule has 1 saturated heterocycles. The summed E-state index contributed by atoms with van der Waals surface area (Å²) in [4.78, 5) is 13.5. The van der Waals surface area contributed by atoms with Crippen LogP contribution in [0.25, 0.3) is 0 Å². The molecular weight excluding hydrogens is 326 g/mol. The largest absolute Gasteiger partial charge is 0.351 e. The highest BCUT2D eigenvalue weighted by molar-refractivity contribution is 7.89. The lowest BCUT2D eigenvalue weighted by Crippen LogP contribution is -3.19. The van der Waals surface area contributed by atoms with Gasteiger partial charge in [-0.1, -0.05) is 12.1 Å². The summed E-state index contributed by atoms with van der Waals surface area (Å²) >= 11 is 0. The molecule has 1 fully saturated rings. The van der Waals surface area contributed by atoms with Crippen molar-refractivity contribution < 1.29 is 18.1 Å². The van der Waals surface area contributed by atoms with Gasteiger partial charge >= 0.3 is 0 Å². The number of hydrogen-bond donors (Lipinski definition) is 2. The first-order valence-electron chi connectivity index (χ1n) is 8.47. The second-order valence-corrected chi connectivity index (χ2v) is 8.35. The highest BCUT2D eigenvalue weighted by Gasteiger charge is 2.34. The van der Waals surface area contributed by atoms with Gasteiger partial charge in [0.2, 0.25) is 10.0 Å². The first-order valence-corrected chi connectivity index (χ1v) is 9.91. The van der Waals surface area contributed by atoms with Crippen molar-refractivity contribution in [3.63, 3.8) is 0 Å².